The largest absolute Gasteiger partial charge is 0.481 e. The molecule has 14 heteroatoms. The van der Waals surface area contributed by atoms with Gasteiger partial charge in [-0.15, -0.1) is 0 Å². The highest BCUT2D eigenvalue weighted by atomic mass is 32.2. The first-order valence-corrected chi connectivity index (χ1v) is 14.9. The number of nitrogens with zero attached hydrogens (tertiary/aromatic N) is 2. The fourth-order valence-electron chi connectivity index (χ4n) is 4.39. The van der Waals surface area contributed by atoms with Crippen molar-refractivity contribution in [1.29, 1.82) is 5.41 Å². The standard InChI is InChI=1S/C26H36N6O5S.C2H4O2/c1-26(2,3)20-8-12-22(13-9-20)38(36,37)30-23(15-18-6-10-21(11-7-18)32(34)35)24(33)29-16-19-5-4-14-31(17-19)25(27)28;1-2(3)4/h6-13,19,23,30H,4-5,14-17H2,1-3H3,(H3,27,28)(H,29,33);1H3,(H,3,4)/t19?,23-;/m1./s1. The number of carbonyl (C=O) groups excluding carboxylic acids is 1. The fraction of sp³-hybridized carbons (Fsp3) is 0.464. The number of non-ortho nitro benzene ring substituents is 1. The molecule has 42 heavy (non-hydrogen) atoms. The van der Waals surface area contributed by atoms with Crippen molar-refractivity contribution < 1.29 is 28.0 Å². The summed E-state index contributed by atoms with van der Waals surface area (Å²) in [6.45, 7) is 8.70. The van der Waals surface area contributed by atoms with E-state index in [0.29, 0.717) is 25.2 Å². The minimum atomic E-state index is -4.04. The van der Waals surface area contributed by atoms with Crippen LogP contribution in [0.1, 0.15) is 51.7 Å². The molecule has 0 aliphatic carbocycles. The van der Waals surface area contributed by atoms with E-state index in [0.717, 1.165) is 25.3 Å². The topological polar surface area (TPSA) is 209 Å². The van der Waals surface area contributed by atoms with E-state index in [-0.39, 0.29) is 34.3 Å². The summed E-state index contributed by atoms with van der Waals surface area (Å²) in [5, 5.41) is 28.9. The Kier molecular flexibility index (Phi) is 12.0. The van der Waals surface area contributed by atoms with Crippen molar-refractivity contribution in [1.82, 2.24) is 14.9 Å². The van der Waals surface area contributed by atoms with Crippen LogP contribution in [0.25, 0.3) is 0 Å². The molecule has 2 aromatic carbocycles. The van der Waals surface area contributed by atoms with Crippen LogP contribution in [0.5, 0.6) is 0 Å². The molecule has 0 aromatic heterocycles. The third-order valence-electron chi connectivity index (χ3n) is 6.66. The second-order valence-electron chi connectivity index (χ2n) is 11.2. The molecule has 2 atom stereocenters. The molecule has 0 spiro atoms. The van der Waals surface area contributed by atoms with Gasteiger partial charge >= 0.3 is 0 Å². The Morgan fingerprint density at radius 2 is 1.74 bits per heavy atom. The number of hydrogen-bond donors (Lipinski definition) is 5. The highest BCUT2D eigenvalue weighted by molar-refractivity contribution is 7.89. The Balaban J connectivity index is 0.00000144. The number of rotatable bonds is 9. The zero-order valence-electron chi connectivity index (χ0n) is 24.3. The SMILES string of the molecule is CC(=O)O.CC(C)(C)c1ccc(S(=O)(=O)N[C@H](Cc2ccc([N+](=O)[O-])cc2)C(=O)NCC2CCCN(C(=N)N)C2)cc1. The first-order valence-electron chi connectivity index (χ1n) is 13.4. The first-order chi connectivity index (χ1) is 19.5. The summed E-state index contributed by atoms with van der Waals surface area (Å²) in [5.41, 5.74) is 6.91. The molecule has 1 amide bonds. The van der Waals surface area contributed by atoms with E-state index in [4.69, 9.17) is 21.0 Å². The molecule has 3 rings (SSSR count). The number of nitro groups is 1. The zero-order valence-corrected chi connectivity index (χ0v) is 25.1. The summed E-state index contributed by atoms with van der Waals surface area (Å²) in [5.74, 6) is -1.28. The normalized spacial score (nSPS) is 16.0. The molecule has 0 bridgehead atoms. The number of likely N-dealkylation sites (tertiary alicyclic amines) is 1. The van der Waals surface area contributed by atoms with Gasteiger partial charge < -0.3 is 21.1 Å². The number of piperidine rings is 1. The number of amides is 1. The van der Waals surface area contributed by atoms with Gasteiger partial charge in [0, 0.05) is 38.7 Å². The molecule has 1 heterocycles. The molecular formula is C28H40N6O7S. The van der Waals surface area contributed by atoms with Crippen LogP contribution in [0.15, 0.2) is 53.4 Å². The summed E-state index contributed by atoms with van der Waals surface area (Å²) in [7, 11) is -4.04. The molecule has 1 aliphatic rings. The van der Waals surface area contributed by atoms with E-state index in [2.05, 4.69) is 10.0 Å². The van der Waals surface area contributed by atoms with Crippen molar-refractivity contribution in [3.63, 3.8) is 0 Å². The van der Waals surface area contributed by atoms with Crippen molar-refractivity contribution in [2.24, 2.45) is 11.7 Å². The van der Waals surface area contributed by atoms with Crippen LogP contribution < -0.4 is 15.8 Å². The van der Waals surface area contributed by atoms with Crippen LogP contribution in [0, 0.1) is 21.4 Å². The number of carbonyl (C=O) groups is 2. The molecule has 1 unspecified atom stereocenters. The minimum absolute atomic E-state index is 0.00731. The second-order valence-corrected chi connectivity index (χ2v) is 12.9. The lowest BCUT2D eigenvalue weighted by Gasteiger charge is -2.33. The van der Waals surface area contributed by atoms with Gasteiger partial charge in [-0.3, -0.25) is 25.1 Å². The van der Waals surface area contributed by atoms with Gasteiger partial charge in [0.2, 0.25) is 15.9 Å². The van der Waals surface area contributed by atoms with E-state index in [9.17, 15) is 23.3 Å². The minimum Gasteiger partial charge on any atom is -0.481 e. The Hall–Kier alpha value is -4.04. The molecule has 13 nitrogen and oxygen atoms in total. The molecule has 6 N–H and O–H groups in total. The van der Waals surface area contributed by atoms with Crippen molar-refractivity contribution in [3.05, 3.63) is 69.8 Å². The molecule has 230 valence electrons. The predicted molar refractivity (Wildman–Crippen MR) is 159 cm³/mol. The van der Waals surface area contributed by atoms with E-state index in [1.54, 1.807) is 17.0 Å². The van der Waals surface area contributed by atoms with Crippen molar-refractivity contribution in [2.45, 2.75) is 63.3 Å². The third-order valence-corrected chi connectivity index (χ3v) is 8.14. The number of guanidine groups is 1. The Bertz CT molecular complexity index is 1350. The smallest absolute Gasteiger partial charge is 0.300 e. The highest BCUT2D eigenvalue weighted by Crippen LogP contribution is 2.24. The molecule has 1 aliphatic heterocycles. The first kappa shape index (κ1) is 34.2. The lowest BCUT2D eigenvalue weighted by Crippen LogP contribution is -2.51. The maximum absolute atomic E-state index is 13.2. The Morgan fingerprint density at radius 3 is 2.24 bits per heavy atom. The summed E-state index contributed by atoms with van der Waals surface area (Å²) in [4.78, 5) is 34.5. The summed E-state index contributed by atoms with van der Waals surface area (Å²) in [6, 6.07) is 11.1. The summed E-state index contributed by atoms with van der Waals surface area (Å²) in [6.07, 6.45) is 1.69. The van der Waals surface area contributed by atoms with Gasteiger partial charge in [-0.05, 0) is 53.9 Å². The Morgan fingerprint density at radius 1 is 1.17 bits per heavy atom. The average Bonchev–Trinajstić information content (AvgIpc) is 2.91. The van der Waals surface area contributed by atoms with Crippen LogP contribution >= 0.6 is 0 Å². The van der Waals surface area contributed by atoms with Gasteiger partial charge in [0.1, 0.15) is 6.04 Å². The highest BCUT2D eigenvalue weighted by Gasteiger charge is 2.28. The van der Waals surface area contributed by atoms with Gasteiger partial charge in [0.15, 0.2) is 5.96 Å². The number of aliphatic carboxylic acids is 1. The van der Waals surface area contributed by atoms with Crippen LogP contribution in [-0.4, -0.2) is 66.9 Å². The van der Waals surface area contributed by atoms with Crippen LogP contribution in [0.3, 0.4) is 0 Å². The van der Waals surface area contributed by atoms with E-state index in [1.807, 2.05) is 20.8 Å². The number of carboxylic acid groups (broad SMARTS) is 1. The number of benzene rings is 2. The maximum atomic E-state index is 13.2. The summed E-state index contributed by atoms with van der Waals surface area (Å²) >= 11 is 0. The van der Waals surface area contributed by atoms with Crippen LogP contribution in [-0.2, 0) is 31.4 Å². The number of nitrogens with one attached hydrogen (secondary N) is 3. The molecule has 1 fully saturated rings. The fourth-order valence-corrected chi connectivity index (χ4v) is 5.58. The van der Waals surface area contributed by atoms with E-state index < -0.39 is 32.9 Å². The lowest BCUT2D eigenvalue weighted by atomic mass is 9.87. The monoisotopic (exact) mass is 604 g/mol. The number of nitro benzene ring substituents is 1. The quantitative estimate of drug-likeness (QED) is 0.123. The molecule has 2 aromatic rings. The van der Waals surface area contributed by atoms with Crippen LogP contribution in [0.2, 0.25) is 0 Å². The van der Waals surface area contributed by atoms with E-state index >= 15 is 0 Å². The number of carboxylic acids is 1. The molecule has 0 radical (unpaired) electrons. The van der Waals surface area contributed by atoms with Gasteiger partial charge in [-0.25, -0.2) is 8.42 Å². The van der Waals surface area contributed by atoms with Crippen LogP contribution in [0.4, 0.5) is 5.69 Å². The van der Waals surface area contributed by atoms with Gasteiger partial charge in [0.05, 0.1) is 9.82 Å². The van der Waals surface area contributed by atoms with Crippen molar-refractivity contribution in [3.8, 4) is 0 Å². The lowest BCUT2D eigenvalue weighted by molar-refractivity contribution is -0.384. The second kappa shape index (κ2) is 14.7. The van der Waals surface area contributed by atoms with E-state index in [1.165, 1.54) is 36.4 Å². The molecule has 1 saturated heterocycles. The van der Waals surface area contributed by atoms with Crippen molar-refractivity contribution >= 4 is 33.5 Å². The molecular weight excluding hydrogens is 564 g/mol. The third kappa shape index (κ3) is 10.7. The number of hydrogen-bond acceptors (Lipinski definition) is 7. The maximum Gasteiger partial charge on any atom is 0.300 e. The number of nitrogens with two attached hydrogens (primary N) is 1. The summed E-state index contributed by atoms with van der Waals surface area (Å²) < 4.78 is 29.0. The Labute approximate surface area is 246 Å². The van der Waals surface area contributed by atoms with Gasteiger partial charge in [0.25, 0.3) is 11.7 Å². The molecule has 0 saturated carbocycles. The average molecular weight is 605 g/mol. The van der Waals surface area contributed by atoms with Gasteiger partial charge in [-0.1, -0.05) is 45.0 Å². The zero-order chi connectivity index (χ0) is 31.7. The number of sulfonamides is 1. The van der Waals surface area contributed by atoms with Crippen molar-refractivity contribution in [2.75, 3.05) is 19.6 Å². The predicted octanol–water partition coefficient (Wildman–Crippen LogP) is 2.59. The van der Waals surface area contributed by atoms with Gasteiger partial charge in [-0.2, -0.15) is 4.72 Å².